The summed E-state index contributed by atoms with van der Waals surface area (Å²) in [5, 5.41) is 0. The van der Waals surface area contributed by atoms with Crippen molar-refractivity contribution in [1.29, 1.82) is 0 Å². The van der Waals surface area contributed by atoms with E-state index >= 15 is 0 Å². The topological polar surface area (TPSA) is 27.7 Å². The monoisotopic (exact) mass is 574 g/mol. The SMILES string of the molecule is ClC(CC(=C(c1ccccc1)c1ccc(OCc2ccccc2)cc1)c1ccccc1)OCCOCc1ccccc1. The van der Waals surface area contributed by atoms with Crippen LogP contribution < -0.4 is 4.74 Å². The van der Waals surface area contributed by atoms with E-state index in [0.717, 1.165) is 44.7 Å². The first-order valence-electron chi connectivity index (χ1n) is 14.2. The number of alkyl halides is 1. The molecule has 1 atom stereocenters. The summed E-state index contributed by atoms with van der Waals surface area (Å²) >= 11 is 6.83. The first kappa shape index (κ1) is 29.3. The summed E-state index contributed by atoms with van der Waals surface area (Å²) in [4.78, 5) is 0. The smallest absolute Gasteiger partial charge is 0.135 e. The van der Waals surface area contributed by atoms with Crippen LogP contribution >= 0.6 is 11.6 Å². The molecule has 0 aromatic heterocycles. The second-order valence-corrected chi connectivity index (χ2v) is 10.4. The second-order valence-electron chi connectivity index (χ2n) is 9.91. The number of halogens is 1. The standard InChI is InChI=1S/C38H35ClO3/c39-37(41-26-25-40-28-30-13-5-1-6-14-30)27-36(32-17-9-3-10-18-32)38(33-19-11-4-12-20-33)34-21-23-35(24-22-34)42-29-31-15-7-2-8-16-31/h1-24,37H,25-29H2. The zero-order valence-electron chi connectivity index (χ0n) is 23.6. The molecule has 0 bridgehead atoms. The van der Waals surface area contributed by atoms with Crippen LogP contribution in [0.2, 0.25) is 0 Å². The Hall–Kier alpha value is -4.15. The molecule has 4 heteroatoms. The van der Waals surface area contributed by atoms with Crippen molar-refractivity contribution in [1.82, 2.24) is 0 Å². The second kappa shape index (κ2) is 15.7. The van der Waals surface area contributed by atoms with Crippen molar-refractivity contribution < 1.29 is 14.2 Å². The highest BCUT2D eigenvalue weighted by Gasteiger charge is 2.18. The van der Waals surface area contributed by atoms with Crippen molar-refractivity contribution in [3.63, 3.8) is 0 Å². The number of rotatable bonds is 14. The van der Waals surface area contributed by atoms with Crippen molar-refractivity contribution in [2.45, 2.75) is 25.2 Å². The van der Waals surface area contributed by atoms with Crippen LogP contribution in [0.1, 0.15) is 34.2 Å². The number of hydrogen-bond acceptors (Lipinski definition) is 3. The van der Waals surface area contributed by atoms with Gasteiger partial charge in [0.2, 0.25) is 0 Å². The van der Waals surface area contributed by atoms with Gasteiger partial charge >= 0.3 is 0 Å². The predicted molar refractivity (Wildman–Crippen MR) is 172 cm³/mol. The van der Waals surface area contributed by atoms with E-state index in [4.69, 9.17) is 25.8 Å². The molecule has 0 spiro atoms. The molecule has 0 saturated carbocycles. The molecule has 5 aromatic carbocycles. The molecule has 0 heterocycles. The molecule has 0 saturated heterocycles. The molecule has 5 aromatic rings. The van der Waals surface area contributed by atoms with E-state index in [2.05, 4.69) is 84.9 Å². The Morgan fingerprint density at radius 1 is 0.524 bits per heavy atom. The molecule has 1 unspecified atom stereocenters. The molecule has 5 rings (SSSR count). The number of ether oxygens (including phenoxy) is 3. The van der Waals surface area contributed by atoms with Crippen LogP contribution in [0.15, 0.2) is 146 Å². The highest BCUT2D eigenvalue weighted by molar-refractivity contribution is 6.20. The molecule has 0 aliphatic carbocycles. The Bertz CT molecular complexity index is 1500. The van der Waals surface area contributed by atoms with Crippen molar-refractivity contribution in [3.05, 3.63) is 173 Å². The van der Waals surface area contributed by atoms with Gasteiger partial charge in [0.15, 0.2) is 0 Å². The largest absolute Gasteiger partial charge is 0.489 e. The van der Waals surface area contributed by atoms with E-state index in [0.29, 0.717) is 32.8 Å². The first-order valence-corrected chi connectivity index (χ1v) is 14.7. The third-order valence-electron chi connectivity index (χ3n) is 6.88. The molecule has 0 aliphatic heterocycles. The lowest BCUT2D eigenvalue weighted by Gasteiger charge is -2.20. The van der Waals surface area contributed by atoms with E-state index in [1.165, 1.54) is 0 Å². The van der Waals surface area contributed by atoms with Crippen LogP contribution in [0.25, 0.3) is 11.1 Å². The Balaban J connectivity index is 1.35. The lowest BCUT2D eigenvalue weighted by Crippen LogP contribution is -2.12. The summed E-state index contributed by atoms with van der Waals surface area (Å²) in [6, 6.07) is 49.4. The van der Waals surface area contributed by atoms with Gasteiger partial charge in [0, 0.05) is 6.42 Å². The maximum Gasteiger partial charge on any atom is 0.135 e. The van der Waals surface area contributed by atoms with E-state index in [9.17, 15) is 0 Å². The zero-order chi connectivity index (χ0) is 28.8. The van der Waals surface area contributed by atoms with Gasteiger partial charge in [-0.25, -0.2) is 0 Å². The maximum atomic E-state index is 6.83. The van der Waals surface area contributed by atoms with Gasteiger partial charge in [-0.3, -0.25) is 0 Å². The summed E-state index contributed by atoms with van der Waals surface area (Å²) in [7, 11) is 0. The molecule has 42 heavy (non-hydrogen) atoms. The molecular weight excluding hydrogens is 540 g/mol. The summed E-state index contributed by atoms with van der Waals surface area (Å²) in [6.45, 7) is 1.96. The summed E-state index contributed by atoms with van der Waals surface area (Å²) in [6.07, 6.45) is 0.529. The first-order chi connectivity index (χ1) is 20.8. The van der Waals surface area contributed by atoms with Crippen LogP contribution in [-0.4, -0.2) is 18.8 Å². The number of benzene rings is 5. The van der Waals surface area contributed by atoms with E-state index < -0.39 is 5.56 Å². The van der Waals surface area contributed by atoms with Crippen molar-refractivity contribution in [3.8, 4) is 5.75 Å². The Labute approximate surface area is 254 Å². The van der Waals surface area contributed by atoms with E-state index in [-0.39, 0.29) is 0 Å². The van der Waals surface area contributed by atoms with Crippen LogP contribution in [-0.2, 0) is 22.7 Å². The van der Waals surface area contributed by atoms with Gasteiger partial charge in [-0.05, 0) is 51.1 Å². The fraction of sp³-hybridized carbons (Fsp3) is 0.158. The molecule has 212 valence electrons. The van der Waals surface area contributed by atoms with Crippen molar-refractivity contribution in [2.75, 3.05) is 13.2 Å². The van der Waals surface area contributed by atoms with Gasteiger partial charge in [-0.15, -0.1) is 0 Å². The van der Waals surface area contributed by atoms with Gasteiger partial charge in [0.1, 0.15) is 17.9 Å². The predicted octanol–water partition coefficient (Wildman–Crippen LogP) is 9.41. The van der Waals surface area contributed by atoms with Gasteiger partial charge in [-0.2, -0.15) is 0 Å². The third kappa shape index (κ3) is 8.67. The normalized spacial score (nSPS) is 12.4. The van der Waals surface area contributed by atoms with Crippen LogP contribution in [0, 0.1) is 0 Å². The van der Waals surface area contributed by atoms with Crippen LogP contribution in [0.4, 0.5) is 0 Å². The summed E-state index contributed by atoms with van der Waals surface area (Å²) < 4.78 is 17.9. The zero-order valence-corrected chi connectivity index (χ0v) is 24.3. The molecule has 0 radical (unpaired) electrons. The van der Waals surface area contributed by atoms with Crippen LogP contribution in [0.5, 0.6) is 5.75 Å². The minimum Gasteiger partial charge on any atom is -0.489 e. The highest BCUT2D eigenvalue weighted by atomic mass is 35.5. The molecule has 0 aliphatic rings. The van der Waals surface area contributed by atoms with Crippen molar-refractivity contribution >= 4 is 22.7 Å². The molecule has 3 nitrogen and oxygen atoms in total. The Morgan fingerprint density at radius 2 is 1.02 bits per heavy atom. The average Bonchev–Trinajstić information content (AvgIpc) is 3.06. The fourth-order valence-corrected chi connectivity index (χ4v) is 5.04. The minimum absolute atomic E-state index is 0.414. The average molecular weight is 575 g/mol. The molecule has 0 fully saturated rings. The highest BCUT2D eigenvalue weighted by Crippen LogP contribution is 2.36. The van der Waals surface area contributed by atoms with Crippen molar-refractivity contribution in [2.24, 2.45) is 0 Å². The number of hydrogen-bond donors (Lipinski definition) is 0. The lowest BCUT2D eigenvalue weighted by molar-refractivity contribution is 0.0301. The maximum absolute atomic E-state index is 6.83. The van der Waals surface area contributed by atoms with Gasteiger partial charge in [-0.1, -0.05) is 145 Å². The van der Waals surface area contributed by atoms with E-state index in [1.54, 1.807) is 0 Å². The third-order valence-corrected chi connectivity index (χ3v) is 7.16. The van der Waals surface area contributed by atoms with Gasteiger partial charge in [0.25, 0.3) is 0 Å². The Kier molecular flexibility index (Phi) is 11.0. The quantitative estimate of drug-likeness (QED) is 0.0751. The van der Waals surface area contributed by atoms with Gasteiger partial charge in [0.05, 0.1) is 19.8 Å². The minimum atomic E-state index is -0.521. The molecular formula is C38H35ClO3. The Morgan fingerprint density at radius 3 is 1.62 bits per heavy atom. The summed E-state index contributed by atoms with van der Waals surface area (Å²) in [5.74, 6) is 0.824. The molecule has 0 N–H and O–H groups in total. The van der Waals surface area contributed by atoms with Gasteiger partial charge < -0.3 is 14.2 Å². The van der Waals surface area contributed by atoms with Crippen LogP contribution in [0.3, 0.4) is 0 Å². The lowest BCUT2D eigenvalue weighted by atomic mass is 9.88. The summed E-state index contributed by atoms with van der Waals surface area (Å²) in [5.41, 5.74) is 7.29. The fourth-order valence-electron chi connectivity index (χ4n) is 4.80. The van der Waals surface area contributed by atoms with E-state index in [1.807, 2.05) is 60.7 Å². The molecule has 0 amide bonds.